The minimum absolute atomic E-state index is 0.115. The summed E-state index contributed by atoms with van der Waals surface area (Å²) in [5.41, 5.74) is 10.5. The van der Waals surface area contributed by atoms with Gasteiger partial charge >= 0.3 is 11.9 Å². The molecular formula is C27H40N2O5. The van der Waals surface area contributed by atoms with Gasteiger partial charge in [0, 0.05) is 23.8 Å². The molecule has 0 amide bonds. The van der Waals surface area contributed by atoms with Crippen molar-refractivity contribution < 1.29 is 24.6 Å². The molecule has 0 bridgehead atoms. The smallest absolute Gasteiger partial charge is 0.328 e. The van der Waals surface area contributed by atoms with Gasteiger partial charge < -0.3 is 20.8 Å². The number of hydrogen-bond donors (Lipinski definition) is 3. The summed E-state index contributed by atoms with van der Waals surface area (Å²) in [6.45, 7) is 10.7. The van der Waals surface area contributed by atoms with Gasteiger partial charge in [-0.3, -0.25) is 0 Å². The molecule has 0 unspecified atom stereocenters. The van der Waals surface area contributed by atoms with Gasteiger partial charge in [-0.05, 0) is 72.6 Å². The van der Waals surface area contributed by atoms with Crippen molar-refractivity contribution >= 4 is 18.2 Å². The maximum absolute atomic E-state index is 9.55. The molecule has 2 aliphatic rings. The summed E-state index contributed by atoms with van der Waals surface area (Å²) in [6, 6.07) is 7.25. The Hall–Kier alpha value is -2.67. The lowest BCUT2D eigenvalue weighted by Crippen LogP contribution is -2.49. The van der Waals surface area contributed by atoms with E-state index in [1.54, 1.807) is 11.1 Å². The molecule has 1 aromatic carbocycles. The summed E-state index contributed by atoms with van der Waals surface area (Å²) < 4.78 is 0. The second kappa shape index (κ2) is 12.2. The molecule has 2 aliphatic carbocycles. The van der Waals surface area contributed by atoms with Gasteiger partial charge in [-0.25, -0.2) is 9.59 Å². The standard InChI is InChI=1S/C23H36N2O.C4H4O4/c1-17(2)18-7-9-20-19(15-18)8-10-21-22(3,11-5-12-23(20,21)4)16-25-26-14-6-13-24;5-3(6)1-2-4(7)8/h7,9,15-17,21H,5-6,8,10-14,24H2,1-4H3;1-2H,(H,5,6)(H,7,8)/b25-16+;2-1+/t21-,22-,23+;/m0./s1. The van der Waals surface area contributed by atoms with Gasteiger partial charge in [0.2, 0.25) is 0 Å². The number of oxime groups is 1. The van der Waals surface area contributed by atoms with Crippen LogP contribution < -0.4 is 5.73 Å². The predicted molar refractivity (Wildman–Crippen MR) is 134 cm³/mol. The van der Waals surface area contributed by atoms with E-state index in [1.807, 2.05) is 0 Å². The van der Waals surface area contributed by atoms with Crippen LogP contribution in [-0.2, 0) is 26.3 Å². The van der Waals surface area contributed by atoms with E-state index < -0.39 is 11.9 Å². The average Bonchev–Trinajstić information content (AvgIpc) is 2.77. The first kappa shape index (κ1) is 27.6. The number of carboxylic acid groups (broad SMARTS) is 2. The van der Waals surface area contributed by atoms with Crippen LogP contribution in [0.2, 0.25) is 0 Å². The first-order chi connectivity index (χ1) is 16.0. The van der Waals surface area contributed by atoms with E-state index in [0.29, 0.717) is 37.1 Å². The monoisotopic (exact) mass is 472 g/mol. The van der Waals surface area contributed by atoms with Gasteiger partial charge in [-0.2, -0.15) is 0 Å². The van der Waals surface area contributed by atoms with E-state index in [1.165, 1.54) is 37.7 Å². The summed E-state index contributed by atoms with van der Waals surface area (Å²) in [5.74, 6) is -1.29. The molecule has 188 valence electrons. The van der Waals surface area contributed by atoms with Crippen LogP contribution in [0.1, 0.15) is 82.4 Å². The SMILES string of the molecule is CC(C)c1ccc2c(c1)CC[C@H]1[C@](C)(/C=N/OCCCN)CCC[C@]21C.O=C(O)/C=C/C(=O)O. The number of aliphatic carboxylic acids is 2. The topological polar surface area (TPSA) is 122 Å². The van der Waals surface area contributed by atoms with E-state index in [-0.39, 0.29) is 10.8 Å². The molecule has 0 saturated heterocycles. The lowest BCUT2D eigenvalue weighted by atomic mass is 9.50. The minimum Gasteiger partial charge on any atom is -0.478 e. The molecule has 0 heterocycles. The molecule has 3 atom stereocenters. The number of carbonyl (C=O) groups is 2. The van der Waals surface area contributed by atoms with Crippen molar-refractivity contribution in [2.24, 2.45) is 22.2 Å². The highest BCUT2D eigenvalue weighted by atomic mass is 16.6. The number of fused-ring (bicyclic) bond motifs is 3. The molecule has 3 rings (SSSR count). The molecule has 7 nitrogen and oxygen atoms in total. The Morgan fingerprint density at radius 1 is 1.21 bits per heavy atom. The van der Waals surface area contributed by atoms with Crippen molar-refractivity contribution in [1.29, 1.82) is 0 Å². The Labute approximate surface area is 203 Å². The van der Waals surface area contributed by atoms with E-state index in [0.717, 1.165) is 6.42 Å². The van der Waals surface area contributed by atoms with E-state index in [9.17, 15) is 9.59 Å². The number of aryl methyl sites for hydroxylation is 1. The quantitative estimate of drug-likeness (QED) is 0.214. The van der Waals surface area contributed by atoms with Crippen LogP contribution in [0, 0.1) is 11.3 Å². The Balaban J connectivity index is 0.000000440. The molecule has 0 aliphatic heterocycles. The molecule has 1 fully saturated rings. The lowest BCUT2D eigenvalue weighted by Gasteiger charge is -2.54. The van der Waals surface area contributed by atoms with Crippen LogP contribution in [0.15, 0.2) is 35.5 Å². The number of hydrogen-bond acceptors (Lipinski definition) is 5. The van der Waals surface area contributed by atoms with Crippen molar-refractivity contribution in [3.8, 4) is 0 Å². The molecular weight excluding hydrogens is 432 g/mol. The van der Waals surface area contributed by atoms with Crippen molar-refractivity contribution in [3.63, 3.8) is 0 Å². The second-order valence-electron chi connectivity index (χ2n) is 10.2. The van der Waals surface area contributed by atoms with Gasteiger partial charge in [0.05, 0.1) is 0 Å². The normalized spacial score (nSPS) is 26.0. The number of nitrogens with two attached hydrogens (primary N) is 1. The first-order valence-electron chi connectivity index (χ1n) is 12.2. The third-order valence-corrected chi connectivity index (χ3v) is 7.32. The van der Waals surface area contributed by atoms with Crippen molar-refractivity contribution in [1.82, 2.24) is 0 Å². The van der Waals surface area contributed by atoms with Crippen LogP contribution in [-0.4, -0.2) is 41.5 Å². The number of nitrogens with zero attached hydrogens (tertiary/aromatic N) is 1. The van der Waals surface area contributed by atoms with Crippen LogP contribution in [0.4, 0.5) is 0 Å². The predicted octanol–water partition coefficient (Wildman–Crippen LogP) is 4.88. The zero-order chi connectivity index (χ0) is 25.4. The fourth-order valence-electron chi connectivity index (χ4n) is 5.58. The Morgan fingerprint density at radius 3 is 2.47 bits per heavy atom. The zero-order valence-electron chi connectivity index (χ0n) is 20.9. The molecule has 0 radical (unpaired) electrons. The number of carboxylic acids is 2. The molecule has 1 aromatic rings. The fourth-order valence-corrected chi connectivity index (χ4v) is 5.58. The summed E-state index contributed by atoms with van der Waals surface area (Å²) in [6.07, 6.45) is 10.3. The molecule has 1 saturated carbocycles. The fraction of sp³-hybridized carbons (Fsp3) is 0.593. The van der Waals surface area contributed by atoms with Gasteiger partial charge in [0.25, 0.3) is 0 Å². The highest BCUT2D eigenvalue weighted by molar-refractivity contribution is 5.89. The van der Waals surface area contributed by atoms with Gasteiger partial charge in [0.15, 0.2) is 0 Å². The molecule has 0 spiro atoms. The molecule has 4 N–H and O–H groups in total. The highest BCUT2D eigenvalue weighted by Crippen LogP contribution is 2.56. The lowest BCUT2D eigenvalue weighted by molar-refractivity contribution is -0.134. The van der Waals surface area contributed by atoms with Crippen LogP contribution in [0.25, 0.3) is 0 Å². The summed E-state index contributed by atoms with van der Waals surface area (Å²) in [5, 5.41) is 20.0. The molecule has 34 heavy (non-hydrogen) atoms. The maximum Gasteiger partial charge on any atom is 0.328 e. The highest BCUT2D eigenvalue weighted by Gasteiger charge is 2.51. The third kappa shape index (κ3) is 6.92. The van der Waals surface area contributed by atoms with Crippen molar-refractivity contribution in [2.75, 3.05) is 13.2 Å². The Morgan fingerprint density at radius 2 is 1.88 bits per heavy atom. The van der Waals surface area contributed by atoms with Gasteiger partial charge in [-0.15, -0.1) is 0 Å². The maximum atomic E-state index is 9.55. The Kier molecular flexibility index (Phi) is 9.86. The first-order valence-corrected chi connectivity index (χ1v) is 12.2. The molecule has 0 aromatic heterocycles. The third-order valence-electron chi connectivity index (χ3n) is 7.32. The van der Waals surface area contributed by atoms with Crippen LogP contribution >= 0.6 is 0 Å². The largest absolute Gasteiger partial charge is 0.478 e. The van der Waals surface area contributed by atoms with Gasteiger partial charge in [-0.1, -0.05) is 57.5 Å². The van der Waals surface area contributed by atoms with E-state index in [2.05, 4.69) is 57.3 Å². The number of rotatable bonds is 8. The van der Waals surface area contributed by atoms with Crippen LogP contribution in [0.5, 0.6) is 0 Å². The summed E-state index contributed by atoms with van der Waals surface area (Å²) >= 11 is 0. The summed E-state index contributed by atoms with van der Waals surface area (Å²) in [7, 11) is 0. The second-order valence-corrected chi connectivity index (χ2v) is 10.2. The minimum atomic E-state index is -1.26. The van der Waals surface area contributed by atoms with Gasteiger partial charge in [0.1, 0.15) is 6.61 Å². The summed E-state index contributed by atoms with van der Waals surface area (Å²) in [4.78, 5) is 24.6. The van der Waals surface area contributed by atoms with E-state index >= 15 is 0 Å². The van der Waals surface area contributed by atoms with E-state index in [4.69, 9.17) is 20.8 Å². The Bertz CT molecular complexity index is 894. The number of benzene rings is 1. The van der Waals surface area contributed by atoms with Crippen molar-refractivity contribution in [2.45, 2.75) is 77.6 Å². The van der Waals surface area contributed by atoms with Crippen molar-refractivity contribution in [3.05, 3.63) is 47.0 Å². The average molecular weight is 473 g/mol. The van der Waals surface area contributed by atoms with Crippen LogP contribution in [0.3, 0.4) is 0 Å². The zero-order valence-corrected chi connectivity index (χ0v) is 20.9. The molecule has 7 heteroatoms.